The Balaban J connectivity index is 2.26. The molecular formula is C15H25N3. The number of aryl methyl sites for hydroxylation is 1. The highest BCUT2D eigenvalue weighted by Crippen LogP contribution is 2.29. The van der Waals surface area contributed by atoms with Crippen molar-refractivity contribution in [3.8, 4) is 0 Å². The molecular weight excluding hydrogens is 222 g/mol. The number of hydrogen-bond donors (Lipinski definition) is 1. The molecule has 18 heavy (non-hydrogen) atoms. The van der Waals surface area contributed by atoms with Crippen LogP contribution in [0.25, 0.3) is 0 Å². The second-order valence-electron chi connectivity index (χ2n) is 5.65. The van der Waals surface area contributed by atoms with E-state index in [-0.39, 0.29) is 0 Å². The Morgan fingerprint density at radius 1 is 1.44 bits per heavy atom. The zero-order valence-electron chi connectivity index (χ0n) is 12.0. The lowest BCUT2D eigenvalue weighted by Gasteiger charge is -2.29. The van der Waals surface area contributed by atoms with Gasteiger partial charge in [-0.2, -0.15) is 0 Å². The zero-order chi connectivity index (χ0) is 13.1. The summed E-state index contributed by atoms with van der Waals surface area (Å²) in [6.45, 7) is 8.78. The maximum Gasteiger partial charge on any atom is 0.129 e. The van der Waals surface area contributed by atoms with Crippen LogP contribution in [0.15, 0.2) is 12.1 Å². The van der Waals surface area contributed by atoms with Crippen molar-refractivity contribution in [1.29, 1.82) is 0 Å². The quantitative estimate of drug-likeness (QED) is 0.886. The van der Waals surface area contributed by atoms with Gasteiger partial charge in [-0.1, -0.05) is 13.8 Å². The first-order valence-electron chi connectivity index (χ1n) is 7.00. The van der Waals surface area contributed by atoms with Gasteiger partial charge in [0, 0.05) is 24.8 Å². The van der Waals surface area contributed by atoms with Gasteiger partial charge in [-0.05, 0) is 50.4 Å². The van der Waals surface area contributed by atoms with Crippen molar-refractivity contribution in [2.45, 2.75) is 46.2 Å². The molecule has 0 saturated carbocycles. The number of pyridine rings is 1. The molecule has 0 bridgehead atoms. The predicted octanol–water partition coefficient (Wildman–Crippen LogP) is 2.73. The number of nitrogens with one attached hydrogen (secondary N) is 1. The molecule has 0 radical (unpaired) electrons. The Morgan fingerprint density at radius 3 is 2.89 bits per heavy atom. The summed E-state index contributed by atoms with van der Waals surface area (Å²) in [5.41, 5.74) is 2.45. The fraction of sp³-hybridized carbons (Fsp3) is 0.667. The van der Waals surface area contributed by atoms with Gasteiger partial charge in [0.25, 0.3) is 0 Å². The molecule has 1 aliphatic rings. The summed E-state index contributed by atoms with van der Waals surface area (Å²) < 4.78 is 0. The van der Waals surface area contributed by atoms with Crippen LogP contribution in [0.5, 0.6) is 0 Å². The molecule has 0 aromatic carbocycles. The minimum atomic E-state index is 0.654. The van der Waals surface area contributed by atoms with Crippen molar-refractivity contribution in [2.75, 3.05) is 18.5 Å². The number of rotatable bonds is 4. The van der Waals surface area contributed by atoms with Crippen LogP contribution < -0.4 is 10.2 Å². The van der Waals surface area contributed by atoms with Gasteiger partial charge in [0.1, 0.15) is 5.82 Å². The van der Waals surface area contributed by atoms with Crippen molar-refractivity contribution in [3.63, 3.8) is 0 Å². The van der Waals surface area contributed by atoms with E-state index in [9.17, 15) is 0 Å². The van der Waals surface area contributed by atoms with Gasteiger partial charge in [-0.25, -0.2) is 4.98 Å². The summed E-state index contributed by atoms with van der Waals surface area (Å²) in [5.74, 6) is 1.86. The molecule has 2 heterocycles. The van der Waals surface area contributed by atoms with Crippen LogP contribution in [0, 0.1) is 12.8 Å². The van der Waals surface area contributed by atoms with E-state index in [1.165, 1.54) is 18.4 Å². The predicted molar refractivity (Wildman–Crippen MR) is 76.9 cm³/mol. The van der Waals surface area contributed by atoms with Crippen molar-refractivity contribution < 1.29 is 0 Å². The van der Waals surface area contributed by atoms with Crippen molar-refractivity contribution in [2.24, 2.45) is 5.92 Å². The highest BCUT2D eigenvalue weighted by atomic mass is 15.2. The first-order valence-corrected chi connectivity index (χ1v) is 7.00. The topological polar surface area (TPSA) is 28.2 Å². The highest BCUT2D eigenvalue weighted by molar-refractivity contribution is 5.45. The molecule has 1 N–H and O–H groups in total. The van der Waals surface area contributed by atoms with E-state index in [1.807, 2.05) is 7.05 Å². The van der Waals surface area contributed by atoms with Crippen LogP contribution in [0.2, 0.25) is 0 Å². The van der Waals surface area contributed by atoms with Gasteiger partial charge in [-0.15, -0.1) is 0 Å². The van der Waals surface area contributed by atoms with Gasteiger partial charge in [0.15, 0.2) is 0 Å². The zero-order valence-corrected chi connectivity index (χ0v) is 12.0. The number of hydrogen-bond acceptors (Lipinski definition) is 3. The summed E-state index contributed by atoms with van der Waals surface area (Å²) in [5, 5.41) is 3.22. The van der Waals surface area contributed by atoms with Crippen LogP contribution in [-0.4, -0.2) is 24.6 Å². The maximum atomic E-state index is 4.73. The Labute approximate surface area is 111 Å². The lowest BCUT2D eigenvalue weighted by molar-refractivity contribution is 0.489. The third-order valence-corrected chi connectivity index (χ3v) is 3.74. The monoisotopic (exact) mass is 247 g/mol. The molecule has 1 fully saturated rings. The van der Waals surface area contributed by atoms with Crippen LogP contribution >= 0.6 is 0 Å². The Kier molecular flexibility index (Phi) is 4.23. The Hall–Kier alpha value is -1.09. The minimum Gasteiger partial charge on any atom is -0.353 e. The minimum absolute atomic E-state index is 0.654. The smallest absolute Gasteiger partial charge is 0.129 e. The van der Waals surface area contributed by atoms with Crippen LogP contribution in [0.1, 0.15) is 37.9 Å². The first kappa shape index (κ1) is 13.3. The second-order valence-corrected chi connectivity index (χ2v) is 5.65. The molecule has 0 amide bonds. The Morgan fingerprint density at radius 2 is 2.22 bits per heavy atom. The molecule has 3 heteroatoms. The molecule has 1 aromatic rings. The molecule has 1 saturated heterocycles. The van der Waals surface area contributed by atoms with E-state index in [2.05, 4.69) is 43.1 Å². The fourth-order valence-electron chi connectivity index (χ4n) is 2.94. The van der Waals surface area contributed by atoms with E-state index >= 15 is 0 Å². The van der Waals surface area contributed by atoms with Gasteiger partial charge < -0.3 is 10.2 Å². The van der Waals surface area contributed by atoms with Gasteiger partial charge >= 0.3 is 0 Å². The van der Waals surface area contributed by atoms with Crippen LogP contribution in [0.4, 0.5) is 5.82 Å². The molecule has 1 aromatic heterocycles. The molecule has 0 aliphatic carbocycles. The lowest BCUT2D eigenvalue weighted by Crippen LogP contribution is -2.34. The average molecular weight is 247 g/mol. The van der Waals surface area contributed by atoms with E-state index < -0.39 is 0 Å². The molecule has 1 aliphatic heterocycles. The van der Waals surface area contributed by atoms with Crippen LogP contribution in [0.3, 0.4) is 0 Å². The standard InChI is InChI=1S/C15H25N3/c1-11(2)14-6-5-7-18(14)15-9-13(10-16-4)8-12(3)17-15/h8-9,11,14,16H,5-7,10H2,1-4H3. The second kappa shape index (κ2) is 5.70. The van der Waals surface area contributed by atoms with Gasteiger partial charge in [0.05, 0.1) is 0 Å². The summed E-state index contributed by atoms with van der Waals surface area (Å²) in [7, 11) is 1.99. The largest absolute Gasteiger partial charge is 0.353 e. The first-order chi connectivity index (χ1) is 8.61. The molecule has 0 spiro atoms. The van der Waals surface area contributed by atoms with E-state index in [0.717, 1.165) is 24.6 Å². The van der Waals surface area contributed by atoms with Crippen molar-refractivity contribution in [3.05, 3.63) is 23.4 Å². The number of anilines is 1. The van der Waals surface area contributed by atoms with E-state index in [4.69, 9.17) is 4.98 Å². The summed E-state index contributed by atoms with van der Waals surface area (Å²) in [4.78, 5) is 7.23. The van der Waals surface area contributed by atoms with E-state index in [1.54, 1.807) is 0 Å². The average Bonchev–Trinajstić information content (AvgIpc) is 2.77. The SMILES string of the molecule is CNCc1cc(C)nc(N2CCCC2C(C)C)c1. The van der Waals surface area contributed by atoms with Crippen molar-refractivity contribution in [1.82, 2.24) is 10.3 Å². The number of aromatic nitrogens is 1. The molecule has 3 nitrogen and oxygen atoms in total. The number of nitrogens with zero attached hydrogens (tertiary/aromatic N) is 2. The fourth-order valence-corrected chi connectivity index (χ4v) is 2.94. The van der Waals surface area contributed by atoms with Gasteiger partial charge in [0.2, 0.25) is 0 Å². The summed E-state index contributed by atoms with van der Waals surface area (Å²) >= 11 is 0. The summed E-state index contributed by atoms with van der Waals surface area (Å²) in [6.07, 6.45) is 2.59. The Bertz CT molecular complexity index is 401. The third kappa shape index (κ3) is 2.83. The third-order valence-electron chi connectivity index (χ3n) is 3.74. The maximum absolute atomic E-state index is 4.73. The van der Waals surface area contributed by atoms with Crippen LogP contribution in [-0.2, 0) is 6.54 Å². The summed E-state index contributed by atoms with van der Waals surface area (Å²) in [6, 6.07) is 5.06. The highest BCUT2D eigenvalue weighted by Gasteiger charge is 2.28. The van der Waals surface area contributed by atoms with Gasteiger partial charge in [-0.3, -0.25) is 0 Å². The normalized spacial score (nSPS) is 19.8. The lowest BCUT2D eigenvalue weighted by atomic mass is 10.0. The molecule has 1 unspecified atom stereocenters. The molecule has 1 atom stereocenters. The molecule has 2 rings (SSSR count). The van der Waals surface area contributed by atoms with E-state index in [0.29, 0.717) is 12.0 Å². The van der Waals surface area contributed by atoms with Crippen molar-refractivity contribution >= 4 is 5.82 Å². The molecule has 100 valence electrons.